The van der Waals surface area contributed by atoms with Gasteiger partial charge in [0, 0.05) is 16.2 Å². The molecule has 0 amide bonds. The lowest BCUT2D eigenvalue weighted by atomic mass is 10.2. The molecular weight excluding hydrogens is 344 g/mol. The van der Waals surface area contributed by atoms with Crippen LogP contribution < -0.4 is 5.73 Å². The first-order valence-electron chi connectivity index (χ1n) is 5.64. The Hall–Kier alpha value is -1.92. The van der Waals surface area contributed by atoms with Crippen LogP contribution >= 0.6 is 27.5 Å². The van der Waals surface area contributed by atoms with Crippen LogP contribution in [0.5, 0.6) is 0 Å². The van der Waals surface area contributed by atoms with Crippen molar-refractivity contribution in [1.29, 1.82) is 0 Å². The zero-order chi connectivity index (χ0) is 14.1. The van der Waals surface area contributed by atoms with Gasteiger partial charge in [0.15, 0.2) is 0 Å². The molecule has 0 bridgehead atoms. The van der Waals surface area contributed by atoms with Crippen LogP contribution in [-0.4, -0.2) is 15.1 Å². The van der Waals surface area contributed by atoms with Gasteiger partial charge in [0.25, 0.3) is 5.89 Å². The highest BCUT2D eigenvalue weighted by Crippen LogP contribution is 2.27. The summed E-state index contributed by atoms with van der Waals surface area (Å²) in [6.07, 6.45) is 1.67. The minimum absolute atomic E-state index is 0.367. The maximum absolute atomic E-state index is 5.97. The standard InChI is InChI=1S/C13H8BrClN4O/c14-8-2-4-11(17-6-8)12-18-13(20-19-12)7-1-3-10(16)9(15)5-7/h1-6H,16H2. The second kappa shape index (κ2) is 5.22. The molecule has 0 aliphatic carbocycles. The summed E-state index contributed by atoms with van der Waals surface area (Å²) in [6, 6.07) is 8.81. The molecule has 0 saturated carbocycles. The SMILES string of the molecule is Nc1ccc(-c2nc(-c3ccc(Br)cn3)no2)cc1Cl. The molecule has 0 radical (unpaired) electrons. The zero-order valence-electron chi connectivity index (χ0n) is 10.0. The Balaban J connectivity index is 1.97. The van der Waals surface area contributed by atoms with E-state index in [2.05, 4.69) is 31.1 Å². The highest BCUT2D eigenvalue weighted by molar-refractivity contribution is 9.10. The first kappa shape index (κ1) is 13.1. The molecule has 0 aliphatic rings. The third-order valence-electron chi connectivity index (χ3n) is 2.63. The second-order valence-corrected chi connectivity index (χ2v) is 5.34. The van der Waals surface area contributed by atoms with Gasteiger partial charge in [0.05, 0.1) is 10.7 Å². The molecule has 100 valence electrons. The number of nitrogen functional groups attached to an aromatic ring is 1. The first-order valence-corrected chi connectivity index (χ1v) is 6.81. The van der Waals surface area contributed by atoms with E-state index in [1.54, 1.807) is 30.5 Å². The molecule has 3 rings (SSSR count). The van der Waals surface area contributed by atoms with E-state index in [-0.39, 0.29) is 0 Å². The third kappa shape index (κ3) is 2.52. The summed E-state index contributed by atoms with van der Waals surface area (Å²) in [5.41, 5.74) is 7.51. The van der Waals surface area contributed by atoms with Gasteiger partial charge in [0.2, 0.25) is 5.82 Å². The van der Waals surface area contributed by atoms with Crippen molar-refractivity contribution in [2.45, 2.75) is 0 Å². The quantitative estimate of drug-likeness (QED) is 0.711. The molecule has 0 saturated heterocycles. The maximum Gasteiger partial charge on any atom is 0.258 e. The van der Waals surface area contributed by atoms with Gasteiger partial charge >= 0.3 is 0 Å². The Morgan fingerprint density at radius 1 is 1.20 bits per heavy atom. The summed E-state index contributed by atoms with van der Waals surface area (Å²) in [7, 11) is 0. The Labute approximate surface area is 127 Å². The van der Waals surface area contributed by atoms with Gasteiger partial charge in [0.1, 0.15) is 5.69 Å². The van der Waals surface area contributed by atoms with Crippen LogP contribution in [0.1, 0.15) is 0 Å². The summed E-state index contributed by atoms with van der Waals surface area (Å²) < 4.78 is 6.10. The smallest absolute Gasteiger partial charge is 0.258 e. The summed E-state index contributed by atoms with van der Waals surface area (Å²) >= 11 is 9.29. The lowest BCUT2D eigenvalue weighted by Gasteiger charge is -1.98. The van der Waals surface area contributed by atoms with Crippen molar-refractivity contribution in [1.82, 2.24) is 15.1 Å². The highest BCUT2D eigenvalue weighted by atomic mass is 79.9. The van der Waals surface area contributed by atoms with Gasteiger partial charge in [-0.3, -0.25) is 4.98 Å². The summed E-state index contributed by atoms with van der Waals surface area (Å²) in [5.74, 6) is 0.784. The molecule has 0 atom stereocenters. The number of benzene rings is 1. The van der Waals surface area contributed by atoms with Crippen molar-refractivity contribution in [2.75, 3.05) is 5.73 Å². The lowest BCUT2D eigenvalue weighted by Crippen LogP contribution is -1.87. The molecule has 5 nitrogen and oxygen atoms in total. The number of hydrogen-bond donors (Lipinski definition) is 1. The van der Waals surface area contributed by atoms with Crippen LogP contribution in [-0.2, 0) is 0 Å². The number of aromatic nitrogens is 3. The normalized spacial score (nSPS) is 10.7. The fourth-order valence-corrected chi connectivity index (χ4v) is 2.03. The van der Waals surface area contributed by atoms with Crippen LogP contribution in [0.3, 0.4) is 0 Å². The number of hydrogen-bond acceptors (Lipinski definition) is 5. The molecule has 1 aromatic carbocycles. The predicted molar refractivity (Wildman–Crippen MR) is 80.1 cm³/mol. The molecule has 0 unspecified atom stereocenters. The lowest BCUT2D eigenvalue weighted by molar-refractivity contribution is 0.432. The van der Waals surface area contributed by atoms with E-state index in [0.29, 0.717) is 33.7 Å². The average Bonchev–Trinajstić information content (AvgIpc) is 2.92. The molecular formula is C13H8BrClN4O. The van der Waals surface area contributed by atoms with Crippen molar-refractivity contribution in [3.05, 3.63) is 46.0 Å². The molecule has 0 fully saturated rings. The number of pyridine rings is 1. The average molecular weight is 352 g/mol. The second-order valence-electron chi connectivity index (χ2n) is 4.02. The number of nitrogens with zero attached hydrogens (tertiary/aromatic N) is 3. The van der Waals surface area contributed by atoms with Crippen molar-refractivity contribution in [2.24, 2.45) is 0 Å². The number of nitrogens with two attached hydrogens (primary N) is 1. The van der Waals surface area contributed by atoms with E-state index in [0.717, 1.165) is 4.47 Å². The molecule has 3 aromatic rings. The molecule has 0 aliphatic heterocycles. The van der Waals surface area contributed by atoms with Crippen LogP contribution in [0.25, 0.3) is 23.0 Å². The van der Waals surface area contributed by atoms with Crippen molar-refractivity contribution in [3.63, 3.8) is 0 Å². The predicted octanol–water partition coefficient (Wildman–Crippen LogP) is 3.80. The topological polar surface area (TPSA) is 77.8 Å². The molecule has 2 aromatic heterocycles. The summed E-state index contributed by atoms with van der Waals surface area (Å²) in [5, 5.41) is 4.35. The monoisotopic (exact) mass is 350 g/mol. The summed E-state index contributed by atoms with van der Waals surface area (Å²) in [6.45, 7) is 0. The minimum Gasteiger partial charge on any atom is -0.398 e. The molecule has 2 heterocycles. The first-order chi connectivity index (χ1) is 9.63. The van der Waals surface area contributed by atoms with Crippen molar-refractivity contribution < 1.29 is 4.52 Å². The zero-order valence-corrected chi connectivity index (χ0v) is 12.4. The Bertz CT molecular complexity index is 757. The van der Waals surface area contributed by atoms with Crippen LogP contribution in [0.2, 0.25) is 5.02 Å². The van der Waals surface area contributed by atoms with E-state index in [4.69, 9.17) is 21.9 Å². The fraction of sp³-hybridized carbons (Fsp3) is 0. The highest BCUT2D eigenvalue weighted by Gasteiger charge is 2.12. The number of rotatable bonds is 2. The van der Waals surface area contributed by atoms with Gasteiger partial charge in [-0.05, 0) is 46.3 Å². The van der Waals surface area contributed by atoms with E-state index < -0.39 is 0 Å². The van der Waals surface area contributed by atoms with Crippen LogP contribution in [0.4, 0.5) is 5.69 Å². The maximum atomic E-state index is 5.97. The van der Waals surface area contributed by atoms with Gasteiger partial charge in [-0.25, -0.2) is 0 Å². The van der Waals surface area contributed by atoms with E-state index in [9.17, 15) is 0 Å². The van der Waals surface area contributed by atoms with Crippen LogP contribution in [0, 0.1) is 0 Å². The van der Waals surface area contributed by atoms with Crippen molar-refractivity contribution in [3.8, 4) is 23.0 Å². The Morgan fingerprint density at radius 3 is 2.75 bits per heavy atom. The van der Waals surface area contributed by atoms with Gasteiger partial charge < -0.3 is 10.3 Å². The minimum atomic E-state index is 0.367. The van der Waals surface area contributed by atoms with Crippen molar-refractivity contribution >= 4 is 33.2 Å². The molecule has 0 spiro atoms. The third-order valence-corrected chi connectivity index (χ3v) is 3.43. The molecule has 20 heavy (non-hydrogen) atoms. The molecule has 2 N–H and O–H groups in total. The van der Waals surface area contributed by atoms with Gasteiger partial charge in [-0.2, -0.15) is 4.98 Å². The fourth-order valence-electron chi connectivity index (χ4n) is 1.61. The van der Waals surface area contributed by atoms with Gasteiger partial charge in [-0.15, -0.1) is 0 Å². The van der Waals surface area contributed by atoms with E-state index in [1.807, 2.05) is 6.07 Å². The Morgan fingerprint density at radius 2 is 2.05 bits per heavy atom. The van der Waals surface area contributed by atoms with Gasteiger partial charge in [-0.1, -0.05) is 16.8 Å². The van der Waals surface area contributed by atoms with E-state index >= 15 is 0 Å². The molecule has 7 heteroatoms. The van der Waals surface area contributed by atoms with E-state index in [1.165, 1.54) is 0 Å². The number of anilines is 1. The summed E-state index contributed by atoms with van der Waals surface area (Å²) in [4.78, 5) is 8.51. The number of halogens is 2. The Kier molecular flexibility index (Phi) is 3.42. The largest absolute Gasteiger partial charge is 0.398 e. The van der Waals surface area contributed by atoms with Crippen LogP contribution in [0.15, 0.2) is 45.5 Å².